The van der Waals surface area contributed by atoms with Crippen molar-refractivity contribution in [3.05, 3.63) is 53.6 Å². The minimum atomic E-state index is -1.03. The number of hydrogen-bond acceptors (Lipinski definition) is 5. The van der Waals surface area contributed by atoms with E-state index < -0.39 is 17.9 Å². The van der Waals surface area contributed by atoms with E-state index >= 15 is 0 Å². The lowest BCUT2D eigenvalue weighted by Gasteiger charge is -2.20. The van der Waals surface area contributed by atoms with Crippen molar-refractivity contribution in [3.8, 4) is 17.2 Å². The number of carbonyl (C=O) groups is 2. The van der Waals surface area contributed by atoms with E-state index in [0.717, 1.165) is 5.56 Å². The first-order valence-corrected chi connectivity index (χ1v) is 9.30. The molecule has 0 fully saturated rings. The summed E-state index contributed by atoms with van der Waals surface area (Å²) in [6, 6.07) is 11.8. The molecular weight excluding hydrogens is 374 g/mol. The molecule has 0 aliphatic heterocycles. The lowest BCUT2D eigenvalue weighted by molar-refractivity contribution is -0.137. The van der Waals surface area contributed by atoms with E-state index in [1.165, 1.54) is 14.2 Å². The molecule has 2 N–H and O–H groups in total. The van der Waals surface area contributed by atoms with E-state index in [9.17, 15) is 14.7 Å². The van der Waals surface area contributed by atoms with E-state index in [2.05, 4.69) is 5.32 Å². The Hall–Kier alpha value is -3.22. The maximum atomic E-state index is 12.5. The third-order valence-corrected chi connectivity index (χ3v) is 4.42. The first-order chi connectivity index (χ1) is 13.8. The Morgan fingerprint density at radius 2 is 1.69 bits per heavy atom. The smallest absolute Gasteiger partial charge is 0.305 e. The molecule has 0 saturated heterocycles. The summed E-state index contributed by atoms with van der Waals surface area (Å²) in [5.74, 6) is 0.419. The van der Waals surface area contributed by atoms with E-state index in [0.29, 0.717) is 22.8 Å². The molecule has 0 bridgehead atoms. The molecule has 0 radical (unpaired) electrons. The number of rotatable bonds is 10. The largest absolute Gasteiger partial charge is 0.493 e. The lowest BCUT2D eigenvalue weighted by Crippen LogP contribution is -2.34. The van der Waals surface area contributed by atoms with Gasteiger partial charge in [-0.05, 0) is 35.2 Å². The standard InChI is InChI=1S/C22H27NO6/c1-14(2)16-7-5-6-8-18(16)29-13-21(24)23-17(12-22(25)26)15-9-10-19(27-3)20(11-15)28-4/h5-11,14,17H,12-13H2,1-4H3,(H,23,24)(H,25,26)/t17-/m1/s1. The molecule has 2 aromatic rings. The third-order valence-electron chi connectivity index (χ3n) is 4.42. The van der Waals surface area contributed by atoms with Gasteiger partial charge in [0.25, 0.3) is 5.91 Å². The summed E-state index contributed by atoms with van der Waals surface area (Å²) in [6.07, 6.45) is -0.274. The second-order valence-corrected chi connectivity index (χ2v) is 6.81. The fourth-order valence-corrected chi connectivity index (χ4v) is 2.96. The van der Waals surface area contributed by atoms with Crippen molar-refractivity contribution in [3.63, 3.8) is 0 Å². The van der Waals surface area contributed by atoms with Gasteiger partial charge >= 0.3 is 5.97 Å². The number of nitrogens with one attached hydrogen (secondary N) is 1. The van der Waals surface area contributed by atoms with Gasteiger partial charge in [-0.2, -0.15) is 0 Å². The Morgan fingerprint density at radius 3 is 2.31 bits per heavy atom. The minimum absolute atomic E-state index is 0.215. The van der Waals surface area contributed by atoms with Crippen molar-refractivity contribution in [1.82, 2.24) is 5.32 Å². The zero-order valence-corrected chi connectivity index (χ0v) is 17.1. The molecule has 0 spiro atoms. The van der Waals surface area contributed by atoms with Crippen LogP contribution < -0.4 is 19.5 Å². The highest BCUT2D eigenvalue weighted by Crippen LogP contribution is 2.31. The molecule has 2 aromatic carbocycles. The SMILES string of the molecule is COc1ccc([C@@H](CC(=O)O)NC(=O)COc2ccccc2C(C)C)cc1OC. The van der Waals surface area contributed by atoms with Crippen LogP contribution in [-0.2, 0) is 9.59 Å². The van der Waals surface area contributed by atoms with Crippen molar-refractivity contribution >= 4 is 11.9 Å². The number of carbonyl (C=O) groups excluding carboxylic acids is 1. The first-order valence-electron chi connectivity index (χ1n) is 9.30. The summed E-state index contributed by atoms with van der Waals surface area (Å²) in [4.78, 5) is 23.8. The molecule has 0 unspecified atom stereocenters. The zero-order valence-electron chi connectivity index (χ0n) is 17.1. The fourth-order valence-electron chi connectivity index (χ4n) is 2.96. The Bertz CT molecular complexity index is 849. The summed E-state index contributed by atoms with van der Waals surface area (Å²) in [6.45, 7) is 3.87. The molecule has 0 aromatic heterocycles. The number of amides is 1. The van der Waals surface area contributed by atoms with E-state index in [-0.39, 0.29) is 18.9 Å². The van der Waals surface area contributed by atoms with Gasteiger partial charge in [0.15, 0.2) is 18.1 Å². The highest BCUT2D eigenvalue weighted by Gasteiger charge is 2.20. The van der Waals surface area contributed by atoms with Gasteiger partial charge in [-0.3, -0.25) is 9.59 Å². The lowest BCUT2D eigenvalue weighted by atomic mass is 10.0. The molecule has 7 nitrogen and oxygen atoms in total. The summed E-state index contributed by atoms with van der Waals surface area (Å²) < 4.78 is 16.1. The van der Waals surface area contributed by atoms with Gasteiger partial charge in [0.05, 0.1) is 26.7 Å². The number of benzene rings is 2. The topological polar surface area (TPSA) is 94.1 Å². The number of methoxy groups -OCH3 is 2. The molecule has 0 saturated carbocycles. The van der Waals surface area contributed by atoms with Crippen LogP contribution in [0.15, 0.2) is 42.5 Å². The number of carboxylic acids is 1. The van der Waals surface area contributed by atoms with Gasteiger partial charge < -0.3 is 24.6 Å². The number of carboxylic acid groups (broad SMARTS) is 1. The molecule has 0 aliphatic rings. The van der Waals surface area contributed by atoms with Crippen LogP contribution in [0, 0.1) is 0 Å². The maximum absolute atomic E-state index is 12.5. The zero-order chi connectivity index (χ0) is 21.4. The number of para-hydroxylation sites is 1. The molecule has 0 aliphatic carbocycles. The molecular formula is C22H27NO6. The van der Waals surface area contributed by atoms with Crippen LogP contribution in [-0.4, -0.2) is 37.8 Å². The number of ether oxygens (including phenoxy) is 3. The second kappa shape index (κ2) is 10.4. The molecule has 1 atom stereocenters. The predicted octanol–water partition coefficient (Wildman–Crippen LogP) is 3.54. The number of aliphatic carboxylic acids is 1. The van der Waals surface area contributed by atoms with Crippen LogP contribution in [0.5, 0.6) is 17.2 Å². The summed E-state index contributed by atoms with van der Waals surface area (Å²) in [5, 5.41) is 12.0. The Morgan fingerprint density at radius 1 is 1.00 bits per heavy atom. The Kier molecular flexibility index (Phi) is 7.88. The molecule has 0 heterocycles. The fraction of sp³-hybridized carbons (Fsp3) is 0.364. The summed E-state index contributed by atoms with van der Waals surface area (Å²) in [7, 11) is 3.01. The molecule has 7 heteroatoms. The van der Waals surface area contributed by atoms with E-state index in [1.54, 1.807) is 18.2 Å². The van der Waals surface area contributed by atoms with Gasteiger partial charge in [0.2, 0.25) is 0 Å². The van der Waals surface area contributed by atoms with Crippen molar-refractivity contribution in [1.29, 1.82) is 0 Å². The molecule has 156 valence electrons. The monoisotopic (exact) mass is 401 g/mol. The van der Waals surface area contributed by atoms with E-state index in [4.69, 9.17) is 14.2 Å². The van der Waals surface area contributed by atoms with Crippen LogP contribution in [0.2, 0.25) is 0 Å². The van der Waals surface area contributed by atoms with E-state index in [1.807, 2.05) is 38.1 Å². The van der Waals surface area contributed by atoms with Gasteiger partial charge in [0, 0.05) is 0 Å². The average Bonchev–Trinajstić information content (AvgIpc) is 2.71. The number of hydrogen-bond donors (Lipinski definition) is 2. The maximum Gasteiger partial charge on any atom is 0.305 e. The summed E-state index contributed by atoms with van der Waals surface area (Å²) >= 11 is 0. The highest BCUT2D eigenvalue weighted by molar-refractivity contribution is 5.79. The minimum Gasteiger partial charge on any atom is -0.493 e. The molecule has 2 rings (SSSR count). The van der Waals surface area contributed by atoms with Crippen LogP contribution in [0.3, 0.4) is 0 Å². The van der Waals surface area contributed by atoms with Crippen LogP contribution in [0.1, 0.15) is 43.4 Å². The Labute approximate surface area is 170 Å². The van der Waals surface area contributed by atoms with Crippen LogP contribution >= 0.6 is 0 Å². The van der Waals surface area contributed by atoms with Gasteiger partial charge in [0.1, 0.15) is 5.75 Å². The molecule has 1 amide bonds. The normalized spacial score (nSPS) is 11.6. The first kappa shape index (κ1) is 22.1. The highest BCUT2D eigenvalue weighted by atomic mass is 16.5. The quantitative estimate of drug-likeness (QED) is 0.632. The van der Waals surface area contributed by atoms with Crippen molar-refractivity contribution in [2.45, 2.75) is 32.2 Å². The third kappa shape index (κ3) is 6.14. The van der Waals surface area contributed by atoms with Gasteiger partial charge in [-0.15, -0.1) is 0 Å². The molecule has 29 heavy (non-hydrogen) atoms. The Balaban J connectivity index is 2.12. The predicted molar refractivity (Wildman–Crippen MR) is 109 cm³/mol. The summed E-state index contributed by atoms with van der Waals surface area (Å²) in [5.41, 5.74) is 1.60. The van der Waals surface area contributed by atoms with Crippen LogP contribution in [0.25, 0.3) is 0 Å². The van der Waals surface area contributed by atoms with Crippen molar-refractivity contribution < 1.29 is 28.9 Å². The van der Waals surface area contributed by atoms with Crippen LogP contribution in [0.4, 0.5) is 0 Å². The van der Waals surface area contributed by atoms with Gasteiger partial charge in [-0.25, -0.2) is 0 Å². The van der Waals surface area contributed by atoms with Crippen molar-refractivity contribution in [2.24, 2.45) is 0 Å². The van der Waals surface area contributed by atoms with Gasteiger partial charge in [-0.1, -0.05) is 38.1 Å². The van der Waals surface area contributed by atoms with Crippen molar-refractivity contribution in [2.75, 3.05) is 20.8 Å². The second-order valence-electron chi connectivity index (χ2n) is 6.81. The average molecular weight is 401 g/mol.